The lowest BCUT2D eigenvalue weighted by molar-refractivity contribution is -0.393. The summed E-state index contributed by atoms with van der Waals surface area (Å²) in [4.78, 5) is 40.2. The molecule has 10 rings (SSSR count). The first-order chi connectivity index (χ1) is 60.5. The summed E-state index contributed by atoms with van der Waals surface area (Å²) in [5, 5.41) is 306. The molecule has 45 atom stereocenters. The van der Waals surface area contributed by atoms with Gasteiger partial charge < -0.3 is 243 Å². The van der Waals surface area contributed by atoms with Crippen LogP contribution in [0.3, 0.4) is 0 Å². The lowest BCUT2D eigenvalue weighted by Crippen LogP contribution is -2.67. The smallest absolute Gasteiger partial charge is 0.333 e. The minimum atomic E-state index is -1.95. The van der Waals surface area contributed by atoms with Crippen LogP contribution in [0.25, 0.3) is 0 Å². The number of nitrogens with zero attached hydrogens (tertiary/aromatic N) is 1. The minimum absolute atomic E-state index is 0.0790. The first-order valence-electron chi connectivity index (χ1n) is 41.2. The Hall–Kier alpha value is -3.22. The molecule has 10 aliphatic rings. The van der Waals surface area contributed by atoms with E-state index in [2.05, 4.69) is 19.2 Å². The standard InChI is InChI=1S/C26H41NO20.C24H42O16.C23H42O16S/c28-6-9-15(34)18(37)21(40)24(42-9)45-23-20(39)17(36)11(8-30)44-26(23)46-22-19(38)16(35)10(7-29)43-25(22)41-5-1-2-14(33)47-27-12(31)3-4-13(27)32;1-2-3-4-5-6-35-23-20(17(32)14(29)11(8-26)37-23)40-24-21(18(33)15(30)12(9-27)38-24)39-22-19(34)16(31)13(28)10(7-25)36-22;24-6-9-12(27)15(30)18(33)21(35-9)38-20-17(32)14(29)11(8-26)37-23(20)39-19-16(31)13(28)10(7-25)36-22(19)34-4-2-1-3-5-40/h9-11,15-26,28-30,34-40H,1-8H2;2,10-34H,1,3-9H2;9-33,40H,1-8H2/t9?,10?,11?,15-,16-,17-,18+,19+,20+,21?,22?,23?,24+,25+,26-;10?,11?,12?,13-,14-,15-,16+,17+,18+,19?,20?,21?,22+,23+,24-;9?,10?,11?,12-,13-,14-,15+,16+,17+,18?,19?,20?,21+,22+,23-/m111/s1. The average Bonchev–Trinajstić information content (AvgIpc) is 0.833. The molecule has 0 aliphatic carbocycles. The van der Waals surface area contributed by atoms with Crippen molar-refractivity contribution >= 4 is 30.4 Å². The van der Waals surface area contributed by atoms with Gasteiger partial charge >= 0.3 is 5.97 Å². The van der Waals surface area contributed by atoms with Crippen LogP contribution in [0.4, 0.5) is 0 Å². The van der Waals surface area contributed by atoms with Crippen molar-refractivity contribution in [2.24, 2.45) is 0 Å². The molecular weight excluding hydrogens is 1750 g/mol. The number of ether oxygens (including phenoxy) is 18. The quantitative estimate of drug-likeness (QED) is 0.0118. The number of carbonyl (C=O) groups excluding carboxylic acids is 3. The Bertz CT molecular complexity index is 3180. The van der Waals surface area contributed by atoms with Crippen molar-refractivity contribution in [1.82, 2.24) is 5.06 Å². The number of rotatable bonds is 39. The summed E-state index contributed by atoms with van der Waals surface area (Å²) in [5.74, 6) is -1.59. The molecule has 0 bridgehead atoms. The number of imide groups is 1. The van der Waals surface area contributed by atoms with E-state index in [1.165, 1.54) is 0 Å². The fraction of sp³-hybridized carbons (Fsp3) is 0.932. The monoisotopic (exact) mass is 1880 g/mol. The molecule has 10 fully saturated rings. The van der Waals surface area contributed by atoms with Gasteiger partial charge in [0.05, 0.1) is 72.5 Å². The molecule has 740 valence electrons. The highest BCUT2D eigenvalue weighted by atomic mass is 32.1. The van der Waals surface area contributed by atoms with Crippen LogP contribution in [-0.2, 0) is 104 Å². The van der Waals surface area contributed by atoms with Crippen molar-refractivity contribution in [3.05, 3.63) is 12.7 Å². The molecular formula is C73H125NO52S. The summed E-state index contributed by atoms with van der Waals surface area (Å²) in [7, 11) is 0. The molecule has 18 unspecified atom stereocenters. The van der Waals surface area contributed by atoms with Gasteiger partial charge in [0.1, 0.15) is 220 Å². The van der Waals surface area contributed by atoms with Crippen LogP contribution in [-0.4, -0.2) is 537 Å². The molecule has 53 nitrogen and oxygen atoms in total. The van der Waals surface area contributed by atoms with E-state index in [1.807, 2.05) is 0 Å². The topological polar surface area (TPSA) is 837 Å². The molecule has 54 heteroatoms. The Balaban J connectivity index is 0.000000237. The Morgan fingerprint density at radius 3 is 0.772 bits per heavy atom. The molecule has 0 spiro atoms. The van der Waals surface area contributed by atoms with Crippen molar-refractivity contribution in [1.29, 1.82) is 0 Å². The van der Waals surface area contributed by atoms with Gasteiger partial charge in [-0.05, 0) is 44.3 Å². The summed E-state index contributed by atoms with van der Waals surface area (Å²) in [6.45, 7) is -3.19. The number of hydrogen-bond donors (Lipinski definition) is 31. The van der Waals surface area contributed by atoms with Gasteiger partial charge in [-0.2, -0.15) is 12.6 Å². The molecule has 127 heavy (non-hydrogen) atoms. The van der Waals surface area contributed by atoms with Crippen LogP contribution >= 0.6 is 12.6 Å². The molecule has 30 N–H and O–H groups in total. The fourth-order valence-electron chi connectivity index (χ4n) is 14.8. The minimum Gasteiger partial charge on any atom is -0.394 e. The Kier molecular flexibility index (Phi) is 44.8. The maximum atomic E-state index is 12.1. The normalized spacial score (nSPS) is 45.1. The molecule has 0 aromatic rings. The van der Waals surface area contributed by atoms with E-state index in [0.29, 0.717) is 23.7 Å². The van der Waals surface area contributed by atoms with E-state index >= 15 is 0 Å². The number of thiol groups is 1. The molecule has 10 aliphatic heterocycles. The third-order valence-electron chi connectivity index (χ3n) is 22.4. The first-order valence-corrected chi connectivity index (χ1v) is 41.9. The molecule has 0 radical (unpaired) electrons. The van der Waals surface area contributed by atoms with Crippen LogP contribution in [0.5, 0.6) is 0 Å². The fourth-order valence-corrected chi connectivity index (χ4v) is 15.0. The number of carbonyl (C=O) groups is 3. The lowest BCUT2D eigenvalue weighted by Gasteiger charge is -2.48. The van der Waals surface area contributed by atoms with Gasteiger partial charge in [-0.1, -0.05) is 12.5 Å². The molecule has 2 amide bonds. The molecule has 0 saturated carbocycles. The molecule has 10 saturated heterocycles. The van der Waals surface area contributed by atoms with Crippen molar-refractivity contribution in [2.75, 3.05) is 85.0 Å². The van der Waals surface area contributed by atoms with Crippen molar-refractivity contribution < 1.29 is 258 Å². The zero-order chi connectivity index (χ0) is 93.7. The van der Waals surface area contributed by atoms with Gasteiger partial charge in [0, 0.05) is 26.1 Å². The van der Waals surface area contributed by atoms with Gasteiger partial charge in [-0.3, -0.25) is 9.59 Å². The van der Waals surface area contributed by atoms with E-state index < -0.39 is 354 Å². The molecule has 0 aromatic carbocycles. The Morgan fingerprint density at radius 2 is 0.520 bits per heavy atom. The maximum Gasteiger partial charge on any atom is 0.333 e. The second kappa shape index (κ2) is 52.2. The third-order valence-corrected chi connectivity index (χ3v) is 22.7. The number of unbranched alkanes of at least 4 members (excludes halogenated alkanes) is 4. The second-order valence-corrected chi connectivity index (χ2v) is 31.7. The highest BCUT2D eigenvalue weighted by Crippen LogP contribution is 2.39. The molecule has 10 heterocycles. The number of amides is 2. The van der Waals surface area contributed by atoms with Crippen molar-refractivity contribution in [3.8, 4) is 0 Å². The van der Waals surface area contributed by atoms with E-state index in [0.717, 1.165) is 25.7 Å². The zero-order valence-corrected chi connectivity index (χ0v) is 69.2. The van der Waals surface area contributed by atoms with E-state index in [4.69, 9.17) is 90.1 Å². The molecule has 0 aromatic heterocycles. The summed E-state index contributed by atoms with van der Waals surface area (Å²) in [6, 6.07) is 0. The lowest BCUT2D eigenvalue weighted by atomic mass is 9.96. The summed E-state index contributed by atoms with van der Waals surface area (Å²) < 4.78 is 101. The van der Waals surface area contributed by atoms with Gasteiger partial charge in [-0.25, -0.2) is 4.79 Å². The van der Waals surface area contributed by atoms with E-state index in [-0.39, 0.29) is 45.5 Å². The number of allylic oxidation sites excluding steroid dienone is 1. The van der Waals surface area contributed by atoms with Crippen LogP contribution < -0.4 is 0 Å². The predicted octanol–water partition coefficient (Wildman–Crippen LogP) is -17.8. The second-order valence-electron chi connectivity index (χ2n) is 31.3. The summed E-state index contributed by atoms with van der Waals surface area (Å²) in [5.41, 5.74) is 0. The van der Waals surface area contributed by atoms with Crippen molar-refractivity contribution in [2.45, 2.75) is 341 Å². The summed E-state index contributed by atoms with van der Waals surface area (Å²) in [6.07, 6.45) is -69.5. The third kappa shape index (κ3) is 27.2. The number of aliphatic hydroxyl groups is 30. The predicted molar refractivity (Wildman–Crippen MR) is 403 cm³/mol. The number of hydroxylamine groups is 2. The number of aliphatic hydroxyl groups excluding tert-OH is 30. The Morgan fingerprint density at radius 1 is 0.299 bits per heavy atom. The SMILES string of the molecule is C=CCCCCO[C@H]1OC(CO)[C@@H](O)[C@H](O)C1O[C@H]1OC(CO)[C@@H](O)[C@H](O)C1O[C@@H]1OC(CO)[C@@H](O)[C@H](O)C1O.O=C(CCCO[C@H]1OC(CO)[C@@H](O)[C@H](O)C1O[C@H]1OC(CO)[C@@H](O)[C@H](O)C1O[C@@H]1OC(CO)[C@@H](O)[C@H](O)C1O)ON1C(=O)CCC1=O.OCC1O[C@@H](OC2[C@@H](OC3[C@@H](OCCCCCS)OC(CO)[C@@H](O)[C@@H]3O)OC(CO)[C@@H](O)[C@@H]2O)C(O)[C@@H](O)[C@@H]1O. The highest BCUT2D eigenvalue weighted by molar-refractivity contribution is 7.80. The Labute approximate surface area is 729 Å². The number of hydrogen-bond acceptors (Lipinski definition) is 53. The van der Waals surface area contributed by atoms with Gasteiger partial charge in [0.25, 0.3) is 11.8 Å². The van der Waals surface area contributed by atoms with Gasteiger partial charge in [0.2, 0.25) is 0 Å². The van der Waals surface area contributed by atoms with Gasteiger partial charge in [0.15, 0.2) is 56.6 Å². The average molecular weight is 1880 g/mol. The zero-order valence-electron chi connectivity index (χ0n) is 68.3. The van der Waals surface area contributed by atoms with Crippen LogP contribution in [0.15, 0.2) is 12.7 Å². The highest BCUT2D eigenvalue weighted by Gasteiger charge is 2.60. The van der Waals surface area contributed by atoms with Gasteiger partial charge in [-0.15, -0.1) is 11.6 Å². The summed E-state index contributed by atoms with van der Waals surface area (Å²) >= 11 is 4.15. The van der Waals surface area contributed by atoms with E-state index in [9.17, 15) is 168 Å². The van der Waals surface area contributed by atoms with Crippen LogP contribution in [0, 0.1) is 0 Å². The van der Waals surface area contributed by atoms with Crippen LogP contribution in [0.2, 0.25) is 0 Å². The van der Waals surface area contributed by atoms with Crippen LogP contribution in [0.1, 0.15) is 64.2 Å². The maximum absolute atomic E-state index is 12.1. The first kappa shape index (κ1) is 109. The largest absolute Gasteiger partial charge is 0.394 e. The van der Waals surface area contributed by atoms with Crippen molar-refractivity contribution in [3.63, 3.8) is 0 Å². The van der Waals surface area contributed by atoms with E-state index in [1.54, 1.807) is 6.08 Å².